The Morgan fingerprint density at radius 1 is 1.19 bits per heavy atom. The summed E-state index contributed by atoms with van der Waals surface area (Å²) < 4.78 is 19.1. The van der Waals surface area contributed by atoms with E-state index >= 15 is 0 Å². The Bertz CT molecular complexity index is 506. The van der Waals surface area contributed by atoms with Crippen molar-refractivity contribution in [2.75, 3.05) is 31.2 Å². The van der Waals surface area contributed by atoms with E-state index < -0.39 is 0 Å². The van der Waals surface area contributed by atoms with Gasteiger partial charge in [0.05, 0.1) is 18.9 Å². The summed E-state index contributed by atoms with van der Waals surface area (Å²) in [6.45, 7) is 2.69. The van der Waals surface area contributed by atoms with Crippen molar-refractivity contribution in [3.63, 3.8) is 0 Å². The number of anilines is 1. The second-order valence-electron chi connectivity index (χ2n) is 3.72. The number of ether oxygens (including phenoxy) is 1. The van der Waals surface area contributed by atoms with Crippen molar-refractivity contribution in [3.8, 4) is 0 Å². The van der Waals surface area contributed by atoms with Gasteiger partial charge in [-0.2, -0.15) is 15.4 Å². The first-order valence-corrected chi connectivity index (χ1v) is 5.17. The predicted molar refractivity (Wildman–Crippen MR) is 56.9 cm³/mol. The second-order valence-corrected chi connectivity index (χ2v) is 3.72. The van der Waals surface area contributed by atoms with E-state index in [2.05, 4.69) is 15.4 Å². The minimum atomic E-state index is -0.261. The molecule has 1 aromatic carbocycles. The number of morpholine rings is 1. The van der Waals surface area contributed by atoms with Crippen LogP contribution in [-0.2, 0) is 4.74 Å². The number of nitrogens with one attached hydrogen (secondary N) is 1. The largest absolute Gasteiger partial charge is 0.378 e. The Hall–Kier alpha value is -1.69. The van der Waals surface area contributed by atoms with E-state index in [1.165, 1.54) is 6.07 Å². The minimum Gasteiger partial charge on any atom is -0.378 e. The summed E-state index contributed by atoms with van der Waals surface area (Å²) >= 11 is 0. The number of halogens is 1. The number of hydrogen-bond donors (Lipinski definition) is 1. The first-order chi connectivity index (χ1) is 7.84. The SMILES string of the molecule is Fc1cc2n[nH]nc2cc1N1CCOCC1. The van der Waals surface area contributed by atoms with Crippen molar-refractivity contribution in [1.82, 2.24) is 15.4 Å². The zero-order valence-corrected chi connectivity index (χ0v) is 8.61. The molecule has 2 aromatic rings. The lowest BCUT2D eigenvalue weighted by atomic mass is 10.2. The third-order valence-electron chi connectivity index (χ3n) is 2.74. The summed E-state index contributed by atoms with van der Waals surface area (Å²) in [5.41, 5.74) is 1.81. The minimum absolute atomic E-state index is 0.261. The van der Waals surface area contributed by atoms with Gasteiger partial charge in [0.15, 0.2) is 0 Å². The van der Waals surface area contributed by atoms with Crippen LogP contribution in [0.3, 0.4) is 0 Å². The molecule has 0 radical (unpaired) electrons. The molecule has 0 aliphatic carbocycles. The molecule has 6 heteroatoms. The molecule has 1 aromatic heterocycles. The van der Waals surface area contributed by atoms with Crippen LogP contribution in [0.25, 0.3) is 11.0 Å². The predicted octanol–water partition coefficient (Wildman–Crippen LogP) is 0.934. The van der Waals surface area contributed by atoms with E-state index in [9.17, 15) is 4.39 Å². The molecule has 0 spiro atoms. The maximum Gasteiger partial charge on any atom is 0.148 e. The van der Waals surface area contributed by atoms with Gasteiger partial charge in [-0.3, -0.25) is 0 Å². The Morgan fingerprint density at radius 3 is 2.62 bits per heavy atom. The molecule has 1 N–H and O–H groups in total. The zero-order chi connectivity index (χ0) is 11.0. The van der Waals surface area contributed by atoms with Gasteiger partial charge in [0.2, 0.25) is 0 Å². The summed E-state index contributed by atoms with van der Waals surface area (Å²) in [5.74, 6) is -0.261. The third kappa shape index (κ3) is 1.51. The molecule has 84 valence electrons. The van der Waals surface area contributed by atoms with Crippen molar-refractivity contribution in [2.45, 2.75) is 0 Å². The molecular weight excluding hydrogens is 211 g/mol. The number of aromatic nitrogens is 3. The maximum atomic E-state index is 13.8. The number of H-pyrrole nitrogens is 1. The van der Waals surface area contributed by atoms with Crippen LogP contribution in [0.4, 0.5) is 10.1 Å². The monoisotopic (exact) mass is 222 g/mol. The Morgan fingerprint density at radius 2 is 1.88 bits per heavy atom. The topological polar surface area (TPSA) is 54.0 Å². The average Bonchev–Trinajstić information content (AvgIpc) is 2.76. The Balaban J connectivity index is 2.03. The zero-order valence-electron chi connectivity index (χ0n) is 8.61. The van der Waals surface area contributed by atoms with Gasteiger partial charge >= 0.3 is 0 Å². The molecule has 1 fully saturated rings. The number of hydrogen-bond acceptors (Lipinski definition) is 4. The molecule has 1 aliphatic heterocycles. The molecule has 5 nitrogen and oxygen atoms in total. The van der Waals surface area contributed by atoms with E-state index in [0.717, 1.165) is 0 Å². The fourth-order valence-corrected chi connectivity index (χ4v) is 1.90. The lowest BCUT2D eigenvalue weighted by molar-refractivity contribution is 0.122. The Kier molecular flexibility index (Phi) is 2.21. The van der Waals surface area contributed by atoms with E-state index in [4.69, 9.17) is 4.74 Å². The highest BCUT2D eigenvalue weighted by Gasteiger charge is 2.16. The quantitative estimate of drug-likeness (QED) is 0.780. The van der Waals surface area contributed by atoms with Crippen molar-refractivity contribution in [1.29, 1.82) is 0 Å². The molecule has 1 aliphatic rings. The lowest BCUT2D eigenvalue weighted by Crippen LogP contribution is -2.36. The average molecular weight is 222 g/mol. The smallest absolute Gasteiger partial charge is 0.148 e. The van der Waals surface area contributed by atoms with Crippen LogP contribution >= 0.6 is 0 Å². The first-order valence-electron chi connectivity index (χ1n) is 5.17. The Labute approximate surface area is 91.2 Å². The van der Waals surface area contributed by atoms with E-state index in [1.807, 2.05) is 4.90 Å². The van der Waals surface area contributed by atoms with Gasteiger partial charge in [-0.1, -0.05) is 0 Å². The molecule has 0 amide bonds. The van der Waals surface area contributed by atoms with Gasteiger partial charge in [-0.25, -0.2) is 4.39 Å². The summed E-state index contributed by atoms with van der Waals surface area (Å²) in [4.78, 5) is 1.97. The molecule has 1 saturated heterocycles. The molecular formula is C10H11FN4O. The number of fused-ring (bicyclic) bond motifs is 1. The second kappa shape index (κ2) is 3.71. The van der Waals surface area contributed by atoms with Gasteiger partial charge < -0.3 is 9.64 Å². The third-order valence-corrected chi connectivity index (χ3v) is 2.74. The summed E-state index contributed by atoms with van der Waals surface area (Å²) in [6, 6.07) is 3.13. The van der Waals surface area contributed by atoms with Gasteiger partial charge in [0, 0.05) is 19.2 Å². The number of rotatable bonds is 1. The van der Waals surface area contributed by atoms with Gasteiger partial charge in [-0.15, -0.1) is 0 Å². The molecule has 16 heavy (non-hydrogen) atoms. The molecule has 0 atom stereocenters. The highest BCUT2D eigenvalue weighted by molar-refractivity contribution is 5.78. The van der Waals surface area contributed by atoms with Crippen molar-refractivity contribution in [3.05, 3.63) is 17.9 Å². The molecule has 0 unspecified atom stereocenters. The van der Waals surface area contributed by atoms with E-state index in [1.54, 1.807) is 6.07 Å². The summed E-state index contributed by atoms with van der Waals surface area (Å²) in [5, 5.41) is 10.3. The van der Waals surface area contributed by atoms with Gasteiger partial charge in [0.25, 0.3) is 0 Å². The summed E-state index contributed by atoms with van der Waals surface area (Å²) in [7, 11) is 0. The number of aromatic amines is 1. The molecule has 3 rings (SSSR count). The number of benzene rings is 1. The van der Waals surface area contributed by atoms with Crippen LogP contribution in [0.1, 0.15) is 0 Å². The highest BCUT2D eigenvalue weighted by atomic mass is 19.1. The fourth-order valence-electron chi connectivity index (χ4n) is 1.90. The van der Waals surface area contributed by atoms with Crippen molar-refractivity contribution < 1.29 is 9.13 Å². The van der Waals surface area contributed by atoms with Gasteiger partial charge in [0.1, 0.15) is 16.9 Å². The first kappa shape index (κ1) is 9.53. The molecule has 0 saturated carbocycles. The van der Waals surface area contributed by atoms with Crippen LogP contribution in [0.15, 0.2) is 12.1 Å². The maximum absolute atomic E-state index is 13.8. The van der Waals surface area contributed by atoms with Crippen LogP contribution in [0.2, 0.25) is 0 Å². The van der Waals surface area contributed by atoms with Crippen LogP contribution in [0.5, 0.6) is 0 Å². The van der Waals surface area contributed by atoms with E-state index in [0.29, 0.717) is 43.0 Å². The summed E-state index contributed by atoms with van der Waals surface area (Å²) in [6.07, 6.45) is 0. The normalized spacial score (nSPS) is 16.9. The van der Waals surface area contributed by atoms with Crippen LogP contribution in [-0.4, -0.2) is 41.7 Å². The lowest BCUT2D eigenvalue weighted by Gasteiger charge is -2.28. The highest BCUT2D eigenvalue weighted by Crippen LogP contribution is 2.24. The molecule has 2 heterocycles. The van der Waals surface area contributed by atoms with E-state index in [-0.39, 0.29) is 5.82 Å². The van der Waals surface area contributed by atoms with Gasteiger partial charge in [-0.05, 0) is 6.07 Å². The molecule has 0 bridgehead atoms. The van der Waals surface area contributed by atoms with Crippen LogP contribution in [0, 0.1) is 5.82 Å². The van der Waals surface area contributed by atoms with Crippen LogP contribution < -0.4 is 4.90 Å². The number of nitrogens with zero attached hydrogens (tertiary/aromatic N) is 3. The van der Waals surface area contributed by atoms with Crippen molar-refractivity contribution >= 4 is 16.7 Å². The van der Waals surface area contributed by atoms with Crippen molar-refractivity contribution in [2.24, 2.45) is 0 Å². The fraction of sp³-hybridized carbons (Fsp3) is 0.400. The standard InChI is InChI=1S/C10H11FN4O/c11-7-5-8-9(13-14-12-8)6-10(7)15-1-3-16-4-2-15/h5-6H,1-4H2,(H,12,13,14).